The lowest BCUT2D eigenvalue weighted by atomic mass is 9.87. The molecule has 0 bridgehead atoms. The average molecular weight is 292 g/mol. The molecule has 1 aromatic carbocycles. The molecule has 0 aliphatic heterocycles. The Bertz CT molecular complexity index is 427. The Hall–Kier alpha value is -0.470. The van der Waals surface area contributed by atoms with Gasteiger partial charge in [-0.25, -0.2) is 0 Å². The van der Waals surface area contributed by atoms with E-state index >= 15 is 0 Å². The largest absolute Gasteiger partial charge is 0.313 e. The molecule has 0 radical (unpaired) electrons. The monoisotopic (exact) mass is 291 g/mol. The third kappa shape index (κ3) is 4.26. The van der Waals surface area contributed by atoms with Gasteiger partial charge >= 0.3 is 0 Å². The van der Waals surface area contributed by atoms with Crippen molar-refractivity contribution < 1.29 is 0 Å². The van der Waals surface area contributed by atoms with Crippen molar-refractivity contribution in [1.82, 2.24) is 5.32 Å². The van der Waals surface area contributed by atoms with Crippen LogP contribution < -0.4 is 5.32 Å². The van der Waals surface area contributed by atoms with Crippen LogP contribution in [0.15, 0.2) is 23.1 Å². The fourth-order valence-electron chi connectivity index (χ4n) is 3.02. The highest BCUT2D eigenvalue weighted by Gasteiger charge is 2.29. The van der Waals surface area contributed by atoms with Crippen LogP contribution in [-0.4, -0.2) is 17.8 Å². The molecule has 0 heterocycles. The van der Waals surface area contributed by atoms with Gasteiger partial charge in [0, 0.05) is 16.2 Å². The van der Waals surface area contributed by atoms with E-state index in [0.29, 0.717) is 6.04 Å². The van der Waals surface area contributed by atoms with Gasteiger partial charge in [0.05, 0.1) is 0 Å². The van der Waals surface area contributed by atoms with Crippen LogP contribution in [-0.2, 0) is 0 Å². The zero-order valence-corrected chi connectivity index (χ0v) is 14.2. The van der Waals surface area contributed by atoms with Crippen LogP contribution in [0.2, 0.25) is 0 Å². The van der Waals surface area contributed by atoms with Crippen LogP contribution in [0.3, 0.4) is 0 Å². The van der Waals surface area contributed by atoms with Crippen molar-refractivity contribution in [2.75, 3.05) is 6.54 Å². The number of hydrogen-bond acceptors (Lipinski definition) is 2. The maximum Gasteiger partial charge on any atom is 0.0251 e. The van der Waals surface area contributed by atoms with Crippen LogP contribution >= 0.6 is 11.8 Å². The number of benzene rings is 1. The molecule has 1 saturated carbocycles. The van der Waals surface area contributed by atoms with E-state index in [4.69, 9.17) is 0 Å². The molecule has 1 N–H and O–H groups in total. The molecule has 0 saturated heterocycles. The van der Waals surface area contributed by atoms with Crippen molar-refractivity contribution in [3.63, 3.8) is 0 Å². The molecule has 1 fully saturated rings. The Labute approximate surface area is 128 Å². The fraction of sp³-hybridized carbons (Fsp3) is 0.667. The third-order valence-electron chi connectivity index (χ3n) is 4.33. The Morgan fingerprint density at radius 1 is 1.25 bits per heavy atom. The van der Waals surface area contributed by atoms with Crippen LogP contribution in [0.4, 0.5) is 0 Å². The summed E-state index contributed by atoms with van der Waals surface area (Å²) >= 11 is 2.11. The van der Waals surface area contributed by atoms with Gasteiger partial charge in [-0.15, -0.1) is 11.8 Å². The molecule has 1 aliphatic carbocycles. The zero-order chi connectivity index (χ0) is 14.5. The lowest BCUT2D eigenvalue weighted by Crippen LogP contribution is -2.42. The number of rotatable bonds is 5. The van der Waals surface area contributed by atoms with Gasteiger partial charge in [-0.3, -0.25) is 0 Å². The predicted octanol–water partition coefficient (Wildman–Crippen LogP) is 4.95. The molecule has 2 rings (SSSR count). The van der Waals surface area contributed by atoms with Crippen molar-refractivity contribution in [2.45, 2.75) is 69.6 Å². The van der Waals surface area contributed by atoms with E-state index in [1.54, 1.807) is 0 Å². The molecule has 3 unspecified atom stereocenters. The highest BCUT2D eigenvalue weighted by molar-refractivity contribution is 8.00. The lowest BCUT2D eigenvalue weighted by Gasteiger charge is -2.35. The maximum atomic E-state index is 3.78. The van der Waals surface area contributed by atoms with Crippen molar-refractivity contribution in [3.05, 3.63) is 29.3 Å². The first-order valence-electron chi connectivity index (χ1n) is 8.07. The molecule has 1 nitrogen and oxygen atoms in total. The molecular weight excluding hydrogens is 262 g/mol. The topological polar surface area (TPSA) is 12.0 Å². The van der Waals surface area contributed by atoms with Gasteiger partial charge in [0.1, 0.15) is 0 Å². The van der Waals surface area contributed by atoms with Gasteiger partial charge in [0.2, 0.25) is 0 Å². The fourth-order valence-corrected chi connectivity index (χ4v) is 4.67. The van der Waals surface area contributed by atoms with E-state index in [0.717, 1.165) is 17.7 Å². The highest BCUT2D eigenvalue weighted by Crippen LogP contribution is 2.37. The van der Waals surface area contributed by atoms with Gasteiger partial charge in [-0.05, 0) is 63.6 Å². The minimum Gasteiger partial charge on any atom is -0.313 e. The van der Waals surface area contributed by atoms with E-state index in [-0.39, 0.29) is 0 Å². The lowest BCUT2D eigenvalue weighted by molar-refractivity contribution is 0.317. The molecule has 20 heavy (non-hydrogen) atoms. The Balaban J connectivity index is 2.08. The van der Waals surface area contributed by atoms with E-state index in [2.05, 4.69) is 63.0 Å². The van der Waals surface area contributed by atoms with Crippen molar-refractivity contribution in [3.8, 4) is 0 Å². The molecule has 1 aromatic rings. The first kappa shape index (κ1) is 15.9. The Morgan fingerprint density at radius 2 is 2.05 bits per heavy atom. The zero-order valence-electron chi connectivity index (χ0n) is 13.4. The highest BCUT2D eigenvalue weighted by atomic mass is 32.2. The average Bonchev–Trinajstić information content (AvgIpc) is 2.42. The standard InChI is InChI=1S/C18H29NS/c1-5-10-19-16-9-7-14(3)12-18(16)20-17-11-13(2)6-8-15(17)4/h6,8,11,14,16,18-19H,5,7,9-10,12H2,1-4H3. The maximum absolute atomic E-state index is 3.78. The van der Waals surface area contributed by atoms with Crippen molar-refractivity contribution in [1.29, 1.82) is 0 Å². The number of thioether (sulfide) groups is 1. The van der Waals surface area contributed by atoms with E-state index < -0.39 is 0 Å². The molecule has 0 spiro atoms. The second-order valence-corrected chi connectivity index (χ2v) is 7.69. The smallest absolute Gasteiger partial charge is 0.0251 e. The van der Waals surface area contributed by atoms with Crippen molar-refractivity contribution >= 4 is 11.8 Å². The molecule has 2 heteroatoms. The summed E-state index contributed by atoms with van der Waals surface area (Å²) in [7, 11) is 0. The summed E-state index contributed by atoms with van der Waals surface area (Å²) in [6.45, 7) is 10.3. The summed E-state index contributed by atoms with van der Waals surface area (Å²) in [5, 5.41) is 4.50. The van der Waals surface area contributed by atoms with Gasteiger partial charge < -0.3 is 5.32 Å². The molecule has 3 atom stereocenters. The Kier molecular flexibility index (Phi) is 5.98. The van der Waals surface area contributed by atoms with E-state index in [9.17, 15) is 0 Å². The first-order chi connectivity index (χ1) is 9.60. The van der Waals surface area contributed by atoms with Gasteiger partial charge in [0.25, 0.3) is 0 Å². The summed E-state index contributed by atoms with van der Waals surface area (Å²) in [5.74, 6) is 0.872. The normalized spacial score (nSPS) is 26.7. The van der Waals surface area contributed by atoms with Crippen LogP contribution in [0.5, 0.6) is 0 Å². The first-order valence-corrected chi connectivity index (χ1v) is 8.95. The summed E-state index contributed by atoms with van der Waals surface area (Å²) < 4.78 is 0. The number of nitrogens with one attached hydrogen (secondary N) is 1. The molecule has 1 aliphatic rings. The van der Waals surface area contributed by atoms with E-state index in [1.807, 2.05) is 0 Å². The van der Waals surface area contributed by atoms with Crippen LogP contribution in [0.25, 0.3) is 0 Å². The summed E-state index contributed by atoms with van der Waals surface area (Å²) in [6.07, 6.45) is 5.29. The minimum atomic E-state index is 0.691. The molecular formula is C18H29NS. The number of hydrogen-bond donors (Lipinski definition) is 1. The summed E-state index contributed by atoms with van der Waals surface area (Å²) in [5.41, 5.74) is 2.80. The Morgan fingerprint density at radius 3 is 2.80 bits per heavy atom. The van der Waals surface area contributed by atoms with Gasteiger partial charge in [0.15, 0.2) is 0 Å². The second kappa shape index (κ2) is 7.51. The quantitative estimate of drug-likeness (QED) is 0.823. The second-order valence-electron chi connectivity index (χ2n) is 6.40. The summed E-state index contributed by atoms with van der Waals surface area (Å²) in [4.78, 5) is 1.48. The SMILES string of the molecule is CCCNC1CCC(C)CC1Sc1cc(C)ccc1C. The van der Waals surface area contributed by atoms with Gasteiger partial charge in [-0.2, -0.15) is 0 Å². The predicted molar refractivity (Wildman–Crippen MR) is 90.7 cm³/mol. The van der Waals surface area contributed by atoms with E-state index in [1.165, 1.54) is 41.7 Å². The van der Waals surface area contributed by atoms with Crippen LogP contribution in [0, 0.1) is 19.8 Å². The number of aryl methyl sites for hydroxylation is 2. The van der Waals surface area contributed by atoms with Crippen molar-refractivity contribution in [2.24, 2.45) is 5.92 Å². The molecule has 112 valence electrons. The molecule has 0 aromatic heterocycles. The van der Waals surface area contributed by atoms with Gasteiger partial charge in [-0.1, -0.05) is 31.5 Å². The summed E-state index contributed by atoms with van der Waals surface area (Å²) in [6, 6.07) is 7.53. The molecule has 0 amide bonds. The minimum absolute atomic E-state index is 0.691. The third-order valence-corrected chi connectivity index (χ3v) is 5.85. The van der Waals surface area contributed by atoms with Crippen LogP contribution in [0.1, 0.15) is 50.7 Å².